The molecule has 1 aromatic rings. The van der Waals surface area contributed by atoms with Crippen LogP contribution < -0.4 is 0 Å². The predicted octanol–water partition coefficient (Wildman–Crippen LogP) is 3.16. The van der Waals surface area contributed by atoms with Crippen LogP contribution in [0.3, 0.4) is 0 Å². The topological polar surface area (TPSA) is 63.7 Å². The van der Waals surface area contributed by atoms with Crippen LogP contribution in [0.1, 0.15) is 45.2 Å². The molecule has 1 unspecified atom stereocenters. The van der Waals surface area contributed by atoms with E-state index in [2.05, 4.69) is 0 Å². The molecule has 22 heavy (non-hydrogen) atoms. The predicted molar refractivity (Wildman–Crippen MR) is 84.5 cm³/mol. The summed E-state index contributed by atoms with van der Waals surface area (Å²) in [6.07, 6.45) is 2.64. The number of carbonyl (C=O) groups excluding carboxylic acids is 1. The number of benzene rings is 1. The van der Waals surface area contributed by atoms with E-state index >= 15 is 0 Å². The van der Waals surface area contributed by atoms with Gasteiger partial charge in [0.1, 0.15) is 5.60 Å². The minimum Gasteiger partial charge on any atom is -0.444 e. The van der Waals surface area contributed by atoms with Crippen LogP contribution >= 0.6 is 0 Å². The number of hydrogen-bond acceptors (Lipinski definition) is 4. The average molecular weight is 325 g/mol. The first-order valence-corrected chi connectivity index (χ1v) is 9.27. The van der Waals surface area contributed by atoms with E-state index in [9.17, 15) is 13.2 Å². The fourth-order valence-corrected chi connectivity index (χ4v) is 3.22. The number of nitrogens with zero attached hydrogens (tertiary/aromatic N) is 1. The molecule has 1 heterocycles. The summed E-state index contributed by atoms with van der Waals surface area (Å²) in [5.74, 6) is 0. The zero-order valence-corrected chi connectivity index (χ0v) is 14.3. The molecule has 0 aliphatic carbocycles. The molecule has 1 saturated heterocycles. The minimum atomic E-state index is -3.20. The van der Waals surface area contributed by atoms with E-state index in [0.717, 1.165) is 18.4 Å². The van der Waals surface area contributed by atoms with Crippen LogP contribution in [0, 0.1) is 0 Å². The van der Waals surface area contributed by atoms with E-state index in [-0.39, 0.29) is 17.0 Å². The van der Waals surface area contributed by atoms with Crippen LogP contribution in [0.15, 0.2) is 29.2 Å². The maximum absolute atomic E-state index is 12.3. The van der Waals surface area contributed by atoms with Crippen molar-refractivity contribution in [2.75, 3.05) is 12.8 Å². The van der Waals surface area contributed by atoms with Crippen molar-refractivity contribution in [1.29, 1.82) is 0 Å². The molecule has 0 N–H and O–H groups in total. The quantitative estimate of drug-likeness (QED) is 0.838. The fourth-order valence-electron chi connectivity index (χ4n) is 2.59. The second-order valence-corrected chi connectivity index (χ2v) is 8.69. The molecule has 1 aliphatic heterocycles. The Kier molecular flexibility index (Phi) is 4.52. The summed E-state index contributed by atoms with van der Waals surface area (Å²) in [4.78, 5) is 14.3. The van der Waals surface area contributed by atoms with Gasteiger partial charge in [0, 0.05) is 12.8 Å². The molecule has 0 spiro atoms. The van der Waals surface area contributed by atoms with Crippen molar-refractivity contribution in [2.24, 2.45) is 0 Å². The molecule has 1 aromatic carbocycles. The zero-order chi connectivity index (χ0) is 16.5. The Morgan fingerprint density at radius 1 is 1.23 bits per heavy atom. The first kappa shape index (κ1) is 16.8. The molecule has 0 bridgehead atoms. The van der Waals surface area contributed by atoms with Crippen molar-refractivity contribution >= 4 is 15.9 Å². The van der Waals surface area contributed by atoms with Gasteiger partial charge in [0.2, 0.25) is 0 Å². The van der Waals surface area contributed by atoms with Crippen LogP contribution in [0.5, 0.6) is 0 Å². The first-order chi connectivity index (χ1) is 10.1. The summed E-state index contributed by atoms with van der Waals surface area (Å²) < 4.78 is 28.5. The summed E-state index contributed by atoms with van der Waals surface area (Å²) in [6, 6.07) is 6.70. The second-order valence-electron chi connectivity index (χ2n) is 6.67. The summed E-state index contributed by atoms with van der Waals surface area (Å²) in [5.41, 5.74) is 0.417. The minimum absolute atomic E-state index is 0.0524. The molecular weight excluding hydrogens is 302 g/mol. The van der Waals surface area contributed by atoms with Crippen molar-refractivity contribution < 1.29 is 17.9 Å². The third kappa shape index (κ3) is 4.00. The normalized spacial score (nSPS) is 19.3. The Bertz CT molecular complexity index is 644. The van der Waals surface area contributed by atoms with E-state index in [4.69, 9.17) is 4.74 Å². The molecule has 0 saturated carbocycles. The molecule has 1 fully saturated rings. The van der Waals surface area contributed by atoms with E-state index < -0.39 is 15.4 Å². The van der Waals surface area contributed by atoms with Crippen molar-refractivity contribution in [2.45, 2.75) is 50.2 Å². The van der Waals surface area contributed by atoms with E-state index in [1.807, 2.05) is 20.8 Å². The van der Waals surface area contributed by atoms with Gasteiger partial charge in [-0.1, -0.05) is 12.1 Å². The van der Waals surface area contributed by atoms with Crippen LogP contribution in [0.4, 0.5) is 4.79 Å². The van der Waals surface area contributed by atoms with Gasteiger partial charge in [-0.15, -0.1) is 0 Å². The summed E-state index contributed by atoms with van der Waals surface area (Å²) >= 11 is 0. The maximum Gasteiger partial charge on any atom is 0.410 e. The number of rotatable bonds is 2. The van der Waals surface area contributed by atoms with Gasteiger partial charge < -0.3 is 9.64 Å². The monoisotopic (exact) mass is 325 g/mol. The molecule has 1 aliphatic rings. The summed E-state index contributed by atoms with van der Waals surface area (Å²) in [7, 11) is -3.20. The van der Waals surface area contributed by atoms with Gasteiger partial charge in [-0.05, 0) is 51.3 Å². The average Bonchev–Trinajstić information content (AvgIpc) is 2.85. The highest BCUT2D eigenvalue weighted by Gasteiger charge is 2.33. The Hall–Kier alpha value is -1.56. The van der Waals surface area contributed by atoms with Gasteiger partial charge >= 0.3 is 6.09 Å². The highest BCUT2D eigenvalue weighted by Crippen LogP contribution is 2.33. The van der Waals surface area contributed by atoms with E-state index in [1.54, 1.807) is 29.2 Å². The van der Waals surface area contributed by atoms with Crippen molar-refractivity contribution in [3.8, 4) is 0 Å². The first-order valence-electron chi connectivity index (χ1n) is 7.37. The lowest BCUT2D eigenvalue weighted by molar-refractivity contribution is 0.0224. The fraction of sp³-hybridized carbons (Fsp3) is 0.562. The molecule has 0 radical (unpaired) electrons. The van der Waals surface area contributed by atoms with Gasteiger partial charge in [0.05, 0.1) is 10.9 Å². The van der Waals surface area contributed by atoms with Gasteiger partial charge in [-0.3, -0.25) is 0 Å². The number of ether oxygens (including phenoxy) is 1. The van der Waals surface area contributed by atoms with Gasteiger partial charge in [0.15, 0.2) is 9.84 Å². The number of hydrogen-bond donors (Lipinski definition) is 0. The van der Waals surface area contributed by atoms with Crippen molar-refractivity contribution in [1.82, 2.24) is 4.90 Å². The molecule has 1 atom stereocenters. The van der Waals surface area contributed by atoms with Crippen LogP contribution in [-0.4, -0.2) is 37.8 Å². The lowest BCUT2D eigenvalue weighted by atomic mass is 10.1. The highest BCUT2D eigenvalue weighted by molar-refractivity contribution is 7.90. The van der Waals surface area contributed by atoms with Crippen LogP contribution in [0.25, 0.3) is 0 Å². The molecule has 6 heteroatoms. The van der Waals surface area contributed by atoms with E-state index in [1.165, 1.54) is 6.26 Å². The number of sulfone groups is 1. The van der Waals surface area contributed by atoms with Gasteiger partial charge in [-0.2, -0.15) is 0 Å². The molecular formula is C16H23NO4S. The number of carbonyl (C=O) groups is 1. The molecule has 122 valence electrons. The van der Waals surface area contributed by atoms with Gasteiger partial charge in [0.25, 0.3) is 0 Å². The third-order valence-corrected chi connectivity index (χ3v) is 4.70. The largest absolute Gasteiger partial charge is 0.444 e. The summed E-state index contributed by atoms with van der Waals surface area (Å²) in [5, 5.41) is 0. The van der Waals surface area contributed by atoms with Crippen molar-refractivity contribution in [3.63, 3.8) is 0 Å². The Morgan fingerprint density at radius 3 is 2.32 bits per heavy atom. The number of likely N-dealkylation sites (tertiary alicyclic amines) is 1. The van der Waals surface area contributed by atoms with E-state index in [0.29, 0.717) is 6.54 Å². The molecule has 1 amide bonds. The zero-order valence-electron chi connectivity index (χ0n) is 13.5. The molecule has 0 aromatic heterocycles. The smallest absolute Gasteiger partial charge is 0.410 e. The Morgan fingerprint density at radius 2 is 1.82 bits per heavy atom. The molecule has 5 nitrogen and oxygen atoms in total. The van der Waals surface area contributed by atoms with Crippen LogP contribution in [0.2, 0.25) is 0 Å². The highest BCUT2D eigenvalue weighted by atomic mass is 32.2. The van der Waals surface area contributed by atoms with Crippen LogP contribution in [-0.2, 0) is 14.6 Å². The van der Waals surface area contributed by atoms with Gasteiger partial charge in [-0.25, -0.2) is 13.2 Å². The Labute approximate surface area is 132 Å². The standard InChI is InChI=1S/C16H23NO4S/c1-16(2,3)21-15(18)17-11-5-6-14(17)12-7-9-13(10-8-12)22(4,19)20/h7-10,14H,5-6,11H2,1-4H3. The van der Waals surface area contributed by atoms with Crippen molar-refractivity contribution in [3.05, 3.63) is 29.8 Å². The lowest BCUT2D eigenvalue weighted by Gasteiger charge is -2.28. The molecule has 2 rings (SSSR count). The third-order valence-electron chi connectivity index (χ3n) is 3.57. The number of amides is 1. The maximum atomic E-state index is 12.3. The SMILES string of the molecule is CC(C)(C)OC(=O)N1CCCC1c1ccc(S(C)(=O)=O)cc1. The Balaban J connectivity index is 2.19. The second kappa shape index (κ2) is 5.91. The lowest BCUT2D eigenvalue weighted by Crippen LogP contribution is -2.36. The summed E-state index contributed by atoms with van der Waals surface area (Å²) in [6.45, 7) is 6.19.